The van der Waals surface area contributed by atoms with Crippen LogP contribution >= 0.6 is 11.3 Å². The van der Waals surface area contributed by atoms with Crippen LogP contribution in [-0.4, -0.2) is 43.9 Å². The molecule has 1 aliphatic rings. The Bertz CT molecular complexity index is 688. The normalized spacial score (nSPS) is 18.0. The lowest BCUT2D eigenvalue weighted by Gasteiger charge is -2.23. The summed E-state index contributed by atoms with van der Waals surface area (Å²) in [5, 5.41) is 12.4. The molecule has 0 saturated carbocycles. The highest BCUT2D eigenvalue weighted by molar-refractivity contribution is 7.18. The van der Waals surface area contributed by atoms with E-state index in [9.17, 15) is 14.9 Å². The van der Waals surface area contributed by atoms with E-state index in [1.807, 2.05) is 6.07 Å². The van der Waals surface area contributed by atoms with Crippen LogP contribution < -0.4 is 5.32 Å². The summed E-state index contributed by atoms with van der Waals surface area (Å²) in [7, 11) is 0. The van der Waals surface area contributed by atoms with Gasteiger partial charge in [0.2, 0.25) is 0 Å². The summed E-state index contributed by atoms with van der Waals surface area (Å²) in [6.45, 7) is 6.36. The zero-order chi connectivity index (χ0) is 19.1. The van der Waals surface area contributed by atoms with Gasteiger partial charge in [0.25, 0.3) is 5.91 Å². The van der Waals surface area contributed by atoms with Gasteiger partial charge in [0.1, 0.15) is 22.1 Å². The van der Waals surface area contributed by atoms with Gasteiger partial charge >= 0.3 is 5.97 Å². The van der Waals surface area contributed by atoms with Crippen molar-refractivity contribution in [1.82, 2.24) is 0 Å². The molecule has 2 atom stereocenters. The Labute approximate surface area is 157 Å². The Morgan fingerprint density at radius 2 is 2.23 bits per heavy atom. The minimum absolute atomic E-state index is 0.0214. The maximum Gasteiger partial charge on any atom is 0.348 e. The van der Waals surface area contributed by atoms with Gasteiger partial charge < -0.3 is 19.5 Å². The first-order chi connectivity index (χ1) is 12.5. The molecule has 1 saturated heterocycles. The van der Waals surface area contributed by atoms with Gasteiger partial charge in [-0.2, -0.15) is 5.26 Å². The third-order valence-corrected chi connectivity index (χ3v) is 5.32. The molecular weight excluding hydrogens is 356 g/mol. The average Bonchev–Trinajstić information content (AvgIpc) is 2.96. The van der Waals surface area contributed by atoms with Crippen LogP contribution in [-0.2, 0) is 19.0 Å². The SMILES string of the molecule is CCOC(=O)c1sc(NC(=O)C(C)OCC2CCCCO2)c(C#N)c1C. The van der Waals surface area contributed by atoms with Gasteiger partial charge in [-0.15, -0.1) is 11.3 Å². The molecule has 142 valence electrons. The lowest BCUT2D eigenvalue weighted by atomic mass is 10.1. The zero-order valence-corrected chi connectivity index (χ0v) is 16.1. The zero-order valence-electron chi connectivity index (χ0n) is 15.3. The second-order valence-electron chi connectivity index (χ2n) is 6.05. The number of carbonyl (C=O) groups excluding carboxylic acids is 2. The molecule has 1 aromatic heterocycles. The molecule has 0 radical (unpaired) electrons. The molecule has 1 amide bonds. The molecule has 0 bridgehead atoms. The number of amides is 1. The van der Waals surface area contributed by atoms with Crippen molar-refractivity contribution in [3.05, 3.63) is 16.0 Å². The van der Waals surface area contributed by atoms with Gasteiger partial charge in [-0.3, -0.25) is 4.79 Å². The minimum atomic E-state index is -0.694. The fourth-order valence-corrected chi connectivity index (χ4v) is 3.66. The smallest absolute Gasteiger partial charge is 0.348 e. The van der Waals surface area contributed by atoms with Gasteiger partial charge in [0.15, 0.2) is 0 Å². The Hall–Kier alpha value is -1.95. The number of ether oxygens (including phenoxy) is 3. The topological polar surface area (TPSA) is 97.7 Å². The van der Waals surface area contributed by atoms with Crippen molar-refractivity contribution < 1.29 is 23.8 Å². The van der Waals surface area contributed by atoms with Gasteiger partial charge in [0, 0.05) is 6.61 Å². The van der Waals surface area contributed by atoms with E-state index < -0.39 is 12.1 Å². The number of anilines is 1. The molecule has 8 heteroatoms. The van der Waals surface area contributed by atoms with Crippen LogP contribution in [0.4, 0.5) is 5.00 Å². The van der Waals surface area contributed by atoms with Crippen LogP contribution in [0.3, 0.4) is 0 Å². The first kappa shape index (κ1) is 20.4. The van der Waals surface area contributed by atoms with Crippen LogP contribution in [0, 0.1) is 18.3 Å². The summed E-state index contributed by atoms with van der Waals surface area (Å²) in [5.41, 5.74) is 0.782. The third-order valence-electron chi connectivity index (χ3n) is 4.13. The number of rotatable bonds is 7. The molecule has 0 aliphatic carbocycles. The highest BCUT2D eigenvalue weighted by atomic mass is 32.1. The number of nitriles is 1. The van der Waals surface area contributed by atoms with E-state index in [2.05, 4.69) is 5.32 Å². The lowest BCUT2D eigenvalue weighted by Crippen LogP contribution is -2.32. The van der Waals surface area contributed by atoms with Crippen molar-refractivity contribution in [2.45, 2.75) is 52.2 Å². The Morgan fingerprint density at radius 3 is 2.85 bits per heavy atom. The highest BCUT2D eigenvalue weighted by Crippen LogP contribution is 2.33. The standard InChI is InChI=1S/C18H24N2O5S/c1-4-23-18(22)15-11(2)14(9-19)17(26-15)20-16(21)12(3)25-10-13-7-5-6-8-24-13/h12-13H,4-8,10H2,1-3H3,(H,20,21). The minimum Gasteiger partial charge on any atom is -0.462 e. The van der Waals surface area contributed by atoms with Crippen LogP contribution in [0.5, 0.6) is 0 Å². The van der Waals surface area contributed by atoms with Crippen molar-refractivity contribution in [3.63, 3.8) is 0 Å². The number of hydrogen-bond acceptors (Lipinski definition) is 7. The maximum absolute atomic E-state index is 12.4. The molecule has 0 aromatic carbocycles. The summed E-state index contributed by atoms with van der Waals surface area (Å²) < 4.78 is 16.2. The molecule has 1 aromatic rings. The first-order valence-electron chi connectivity index (χ1n) is 8.72. The summed E-state index contributed by atoms with van der Waals surface area (Å²) in [6, 6.07) is 2.04. The van der Waals surface area contributed by atoms with Crippen molar-refractivity contribution in [2.24, 2.45) is 0 Å². The Morgan fingerprint density at radius 1 is 1.46 bits per heavy atom. The molecule has 2 heterocycles. The number of esters is 1. The van der Waals surface area contributed by atoms with Gasteiger partial charge in [-0.05, 0) is 45.6 Å². The van der Waals surface area contributed by atoms with E-state index >= 15 is 0 Å². The van der Waals surface area contributed by atoms with E-state index in [-0.39, 0.29) is 24.2 Å². The van der Waals surface area contributed by atoms with E-state index in [4.69, 9.17) is 14.2 Å². The molecule has 2 unspecified atom stereocenters. The third kappa shape index (κ3) is 5.04. The summed E-state index contributed by atoms with van der Waals surface area (Å²) in [6.07, 6.45) is 2.42. The molecule has 2 rings (SSSR count). The monoisotopic (exact) mass is 380 g/mol. The average molecular weight is 380 g/mol. The number of hydrogen-bond donors (Lipinski definition) is 1. The molecule has 1 N–H and O–H groups in total. The van der Waals surface area contributed by atoms with Gasteiger partial charge in [-0.1, -0.05) is 0 Å². The quantitative estimate of drug-likeness (QED) is 0.730. The van der Waals surface area contributed by atoms with Crippen LogP contribution in [0.1, 0.15) is 53.9 Å². The van der Waals surface area contributed by atoms with Crippen molar-refractivity contribution in [3.8, 4) is 6.07 Å². The molecule has 26 heavy (non-hydrogen) atoms. The number of nitrogens with zero attached hydrogens (tertiary/aromatic N) is 1. The fourth-order valence-electron chi connectivity index (χ4n) is 2.61. The van der Waals surface area contributed by atoms with E-state index in [0.717, 1.165) is 37.2 Å². The Balaban J connectivity index is 1.99. The predicted molar refractivity (Wildman–Crippen MR) is 97.4 cm³/mol. The van der Waals surface area contributed by atoms with E-state index in [0.29, 0.717) is 22.0 Å². The molecule has 1 fully saturated rings. The molecule has 7 nitrogen and oxygen atoms in total. The van der Waals surface area contributed by atoms with E-state index in [1.54, 1.807) is 20.8 Å². The van der Waals surface area contributed by atoms with Crippen LogP contribution in [0.2, 0.25) is 0 Å². The van der Waals surface area contributed by atoms with Crippen LogP contribution in [0.25, 0.3) is 0 Å². The van der Waals surface area contributed by atoms with Gasteiger partial charge in [0.05, 0.1) is 24.9 Å². The number of carbonyl (C=O) groups is 2. The van der Waals surface area contributed by atoms with Crippen LogP contribution in [0.15, 0.2) is 0 Å². The lowest BCUT2D eigenvalue weighted by molar-refractivity contribution is -0.130. The maximum atomic E-state index is 12.4. The van der Waals surface area contributed by atoms with E-state index in [1.165, 1.54) is 0 Å². The van der Waals surface area contributed by atoms with Crippen molar-refractivity contribution >= 4 is 28.2 Å². The molecule has 1 aliphatic heterocycles. The Kier molecular flexibility index (Phi) is 7.57. The van der Waals surface area contributed by atoms with Gasteiger partial charge in [-0.25, -0.2) is 4.79 Å². The number of nitrogens with one attached hydrogen (secondary N) is 1. The summed E-state index contributed by atoms with van der Waals surface area (Å²) >= 11 is 1.04. The van der Waals surface area contributed by atoms with Crippen molar-refractivity contribution in [1.29, 1.82) is 5.26 Å². The van der Waals surface area contributed by atoms with Crippen molar-refractivity contribution in [2.75, 3.05) is 25.1 Å². The second kappa shape index (κ2) is 9.67. The highest BCUT2D eigenvalue weighted by Gasteiger charge is 2.24. The first-order valence-corrected chi connectivity index (χ1v) is 9.54. The fraction of sp³-hybridized carbons (Fsp3) is 0.611. The summed E-state index contributed by atoms with van der Waals surface area (Å²) in [5.74, 6) is -0.861. The summed E-state index contributed by atoms with van der Waals surface area (Å²) in [4.78, 5) is 24.7. The molecule has 0 spiro atoms. The largest absolute Gasteiger partial charge is 0.462 e. The second-order valence-corrected chi connectivity index (χ2v) is 7.07. The molecular formula is C18H24N2O5S. The number of thiophene rings is 1. The predicted octanol–water partition coefficient (Wildman–Crippen LogP) is 3.02.